The number of thioether (sulfide) groups is 1. The third kappa shape index (κ3) is 5.59. The molecule has 2 heterocycles. The van der Waals surface area contributed by atoms with Gasteiger partial charge in [-0.3, -0.25) is 4.79 Å². The van der Waals surface area contributed by atoms with Crippen molar-refractivity contribution in [1.29, 1.82) is 0 Å². The van der Waals surface area contributed by atoms with Crippen molar-refractivity contribution >= 4 is 23.0 Å². The minimum absolute atomic E-state index is 0.142. The van der Waals surface area contributed by atoms with Crippen molar-refractivity contribution in [3.05, 3.63) is 47.5 Å². The second kappa shape index (κ2) is 9.11. The first kappa shape index (κ1) is 20.9. The number of ether oxygens (including phenoxy) is 2. The van der Waals surface area contributed by atoms with Crippen molar-refractivity contribution in [2.24, 2.45) is 0 Å². The summed E-state index contributed by atoms with van der Waals surface area (Å²) in [4.78, 5) is 23.7. The Morgan fingerprint density at radius 2 is 2.14 bits per heavy atom. The lowest BCUT2D eigenvalue weighted by atomic mass is 9.91. The van der Waals surface area contributed by atoms with E-state index in [2.05, 4.69) is 17.4 Å². The van der Waals surface area contributed by atoms with Gasteiger partial charge < -0.3 is 19.9 Å². The van der Waals surface area contributed by atoms with Gasteiger partial charge in [-0.2, -0.15) is 0 Å². The molecule has 1 aromatic carbocycles. The zero-order valence-corrected chi connectivity index (χ0v) is 17.0. The van der Waals surface area contributed by atoms with Gasteiger partial charge in [0.05, 0.1) is 12.1 Å². The maximum atomic E-state index is 12.1. The lowest BCUT2D eigenvalue weighted by molar-refractivity contribution is -0.283. The van der Waals surface area contributed by atoms with Crippen LogP contribution in [0.15, 0.2) is 42.0 Å². The largest absolute Gasteiger partial charge is 0.459 e. The number of aryl methyl sites for hydroxylation is 1. The first-order valence-electron chi connectivity index (χ1n) is 9.57. The number of amides is 1. The summed E-state index contributed by atoms with van der Waals surface area (Å²) in [6, 6.07) is 9.53. The van der Waals surface area contributed by atoms with Gasteiger partial charge in [0.25, 0.3) is 5.24 Å². The van der Waals surface area contributed by atoms with E-state index < -0.39 is 23.9 Å². The van der Waals surface area contributed by atoms with E-state index in [4.69, 9.17) is 9.47 Å². The molecule has 0 saturated carbocycles. The lowest BCUT2D eigenvalue weighted by Crippen LogP contribution is -2.58. The molecule has 6 nitrogen and oxygen atoms in total. The normalized spacial score (nSPS) is 29.8. The van der Waals surface area contributed by atoms with Crippen molar-refractivity contribution in [2.45, 2.75) is 63.6 Å². The van der Waals surface area contributed by atoms with Gasteiger partial charge in [-0.05, 0) is 32.3 Å². The molecule has 4 unspecified atom stereocenters. The highest BCUT2D eigenvalue weighted by Gasteiger charge is 2.49. The number of esters is 1. The Hall–Kier alpha value is -1.83. The predicted octanol–water partition coefficient (Wildman–Crippen LogP) is 3.19. The van der Waals surface area contributed by atoms with Gasteiger partial charge >= 0.3 is 5.97 Å². The monoisotopic (exact) mass is 405 g/mol. The van der Waals surface area contributed by atoms with Gasteiger partial charge in [-0.1, -0.05) is 47.7 Å². The van der Waals surface area contributed by atoms with Crippen LogP contribution in [0.2, 0.25) is 0 Å². The molecule has 4 atom stereocenters. The van der Waals surface area contributed by atoms with E-state index in [9.17, 15) is 14.7 Å². The Bertz CT molecular complexity index is 734. The van der Waals surface area contributed by atoms with Crippen LogP contribution < -0.4 is 5.32 Å². The summed E-state index contributed by atoms with van der Waals surface area (Å²) in [6.45, 7) is 3.66. The SMILES string of the molecule is CC(C)=CC(=O)OC1CC(CCc2ccccc2)OC(O)(C2CSC(=O)N2)C1. The highest BCUT2D eigenvalue weighted by atomic mass is 32.2. The van der Waals surface area contributed by atoms with Gasteiger partial charge in [-0.25, -0.2) is 4.79 Å². The molecule has 1 aromatic rings. The Balaban J connectivity index is 1.70. The van der Waals surface area contributed by atoms with Gasteiger partial charge in [0.1, 0.15) is 6.10 Å². The molecule has 7 heteroatoms. The van der Waals surface area contributed by atoms with E-state index >= 15 is 0 Å². The zero-order chi connectivity index (χ0) is 20.1. The van der Waals surface area contributed by atoms with E-state index in [-0.39, 0.29) is 17.8 Å². The molecule has 28 heavy (non-hydrogen) atoms. The fraction of sp³-hybridized carbons (Fsp3) is 0.524. The van der Waals surface area contributed by atoms with Crippen LogP contribution >= 0.6 is 11.8 Å². The molecule has 152 valence electrons. The van der Waals surface area contributed by atoms with E-state index in [1.54, 1.807) is 0 Å². The number of benzene rings is 1. The van der Waals surface area contributed by atoms with E-state index in [1.807, 2.05) is 32.0 Å². The molecule has 2 saturated heterocycles. The quantitative estimate of drug-likeness (QED) is 0.559. The molecule has 2 fully saturated rings. The molecule has 1 amide bonds. The maximum absolute atomic E-state index is 12.1. The van der Waals surface area contributed by atoms with Crippen LogP contribution in [0.1, 0.15) is 38.7 Å². The van der Waals surface area contributed by atoms with Crippen molar-refractivity contribution in [3.8, 4) is 0 Å². The van der Waals surface area contributed by atoms with Crippen molar-refractivity contribution in [2.75, 3.05) is 5.75 Å². The highest BCUT2D eigenvalue weighted by molar-refractivity contribution is 8.14. The Labute approximate surface area is 169 Å². The molecule has 0 bridgehead atoms. The second-order valence-corrected chi connectivity index (χ2v) is 8.62. The summed E-state index contributed by atoms with van der Waals surface area (Å²) in [5.74, 6) is -1.54. The molecule has 2 N–H and O–H groups in total. The zero-order valence-electron chi connectivity index (χ0n) is 16.2. The summed E-state index contributed by atoms with van der Waals surface area (Å²) >= 11 is 1.13. The standard InChI is InChI=1S/C21H27NO5S/c1-14(2)10-19(23)26-17-11-16(9-8-15-6-4-3-5-7-15)27-21(25,12-17)18-13-28-20(24)22-18/h3-7,10,16-18,25H,8-9,11-13H2,1-2H3,(H,22,24). The average Bonchev–Trinajstić information content (AvgIpc) is 3.07. The van der Waals surface area contributed by atoms with Crippen molar-refractivity contribution in [3.63, 3.8) is 0 Å². The molecule has 0 aromatic heterocycles. The number of carbonyl (C=O) groups is 2. The number of allylic oxidation sites excluding steroid dienone is 1. The van der Waals surface area contributed by atoms with E-state index in [0.29, 0.717) is 18.6 Å². The van der Waals surface area contributed by atoms with Crippen LogP contribution in [-0.4, -0.2) is 46.1 Å². The van der Waals surface area contributed by atoms with Gasteiger partial charge in [0.15, 0.2) is 5.79 Å². The number of aliphatic hydroxyl groups is 1. The minimum Gasteiger partial charge on any atom is -0.459 e. The summed E-state index contributed by atoms with van der Waals surface area (Å²) in [5.41, 5.74) is 2.04. The van der Waals surface area contributed by atoms with Gasteiger partial charge in [0, 0.05) is 24.7 Å². The molecular weight excluding hydrogens is 378 g/mol. The Morgan fingerprint density at radius 3 is 2.79 bits per heavy atom. The van der Waals surface area contributed by atoms with Crippen molar-refractivity contribution in [1.82, 2.24) is 5.32 Å². The van der Waals surface area contributed by atoms with Gasteiger partial charge in [-0.15, -0.1) is 0 Å². The minimum atomic E-state index is -1.55. The molecule has 0 aliphatic carbocycles. The van der Waals surface area contributed by atoms with Crippen LogP contribution in [0.4, 0.5) is 4.79 Å². The molecule has 2 aliphatic rings. The molecule has 3 rings (SSSR count). The summed E-state index contributed by atoms with van der Waals surface area (Å²) < 4.78 is 11.6. The fourth-order valence-corrected chi connectivity index (χ4v) is 4.50. The van der Waals surface area contributed by atoms with Crippen LogP contribution in [-0.2, 0) is 20.7 Å². The predicted molar refractivity (Wildman–Crippen MR) is 108 cm³/mol. The first-order valence-corrected chi connectivity index (χ1v) is 10.6. The molecule has 2 aliphatic heterocycles. The summed E-state index contributed by atoms with van der Waals surface area (Å²) in [5, 5.41) is 13.8. The average molecular weight is 406 g/mol. The number of carbonyl (C=O) groups excluding carboxylic acids is 2. The van der Waals surface area contributed by atoms with Crippen LogP contribution in [0, 0.1) is 0 Å². The van der Waals surface area contributed by atoms with Crippen LogP contribution in [0.5, 0.6) is 0 Å². The number of hydrogen-bond donors (Lipinski definition) is 2. The van der Waals surface area contributed by atoms with Crippen LogP contribution in [0.3, 0.4) is 0 Å². The van der Waals surface area contributed by atoms with Crippen LogP contribution in [0.25, 0.3) is 0 Å². The lowest BCUT2D eigenvalue weighted by Gasteiger charge is -2.43. The molecule has 0 radical (unpaired) electrons. The first-order chi connectivity index (χ1) is 13.3. The van der Waals surface area contributed by atoms with E-state index in [1.165, 1.54) is 11.6 Å². The highest BCUT2D eigenvalue weighted by Crippen LogP contribution is 2.36. The summed E-state index contributed by atoms with van der Waals surface area (Å²) in [6.07, 6.45) is 2.85. The Kier molecular flexibility index (Phi) is 6.80. The third-order valence-electron chi connectivity index (χ3n) is 4.92. The third-order valence-corrected chi connectivity index (χ3v) is 5.80. The number of hydrogen-bond acceptors (Lipinski definition) is 6. The summed E-state index contributed by atoms with van der Waals surface area (Å²) in [7, 11) is 0. The molecular formula is C21H27NO5S. The van der Waals surface area contributed by atoms with Gasteiger partial charge in [0.2, 0.25) is 0 Å². The van der Waals surface area contributed by atoms with E-state index in [0.717, 1.165) is 23.8 Å². The number of rotatable bonds is 6. The smallest absolute Gasteiger partial charge is 0.330 e. The topological polar surface area (TPSA) is 84.9 Å². The molecule has 0 spiro atoms. The van der Waals surface area contributed by atoms with Crippen molar-refractivity contribution < 1.29 is 24.2 Å². The second-order valence-electron chi connectivity index (χ2n) is 7.62. The Morgan fingerprint density at radius 1 is 1.39 bits per heavy atom. The number of nitrogens with one attached hydrogen (secondary N) is 1. The fourth-order valence-electron chi connectivity index (χ4n) is 3.61. The maximum Gasteiger partial charge on any atom is 0.330 e.